The molecule has 0 unspecified atom stereocenters. The number of rotatable bonds is 10. The summed E-state index contributed by atoms with van der Waals surface area (Å²) in [7, 11) is -3.80. The van der Waals surface area contributed by atoms with E-state index in [-0.39, 0.29) is 43.6 Å². The van der Waals surface area contributed by atoms with Crippen molar-refractivity contribution < 1.29 is 27.5 Å². The number of amides is 3. The van der Waals surface area contributed by atoms with E-state index >= 15 is 0 Å². The molecule has 1 fully saturated rings. The molecule has 11 nitrogen and oxygen atoms in total. The molecule has 0 aliphatic carbocycles. The van der Waals surface area contributed by atoms with Gasteiger partial charge in [0, 0.05) is 62.8 Å². The minimum absolute atomic E-state index is 0.0728. The number of hydrogen-bond donors (Lipinski definition) is 1. The van der Waals surface area contributed by atoms with Crippen molar-refractivity contribution in [1.29, 1.82) is 0 Å². The maximum Gasteiger partial charge on any atom is 0.409 e. The van der Waals surface area contributed by atoms with E-state index in [0.29, 0.717) is 29.2 Å². The molecule has 0 bridgehead atoms. The third-order valence-corrected chi connectivity index (χ3v) is 10.7. The summed E-state index contributed by atoms with van der Waals surface area (Å²) >= 11 is 1.45. The van der Waals surface area contributed by atoms with Crippen LogP contribution in [0.5, 0.6) is 0 Å². The molecule has 3 amide bonds. The van der Waals surface area contributed by atoms with Gasteiger partial charge in [-0.15, -0.1) is 11.3 Å². The number of anilines is 1. The van der Waals surface area contributed by atoms with Crippen molar-refractivity contribution in [2.45, 2.75) is 52.0 Å². The van der Waals surface area contributed by atoms with E-state index in [9.17, 15) is 22.8 Å². The van der Waals surface area contributed by atoms with Crippen LogP contribution in [0.4, 0.5) is 9.80 Å². The third kappa shape index (κ3) is 6.80. The first-order valence-electron chi connectivity index (χ1n) is 14.6. The second kappa shape index (κ2) is 14.0. The number of nitrogens with zero attached hydrogens (tertiary/aromatic N) is 4. The number of benzene rings is 1. The quantitative estimate of drug-likeness (QED) is 0.431. The first-order chi connectivity index (χ1) is 20.1. The highest BCUT2D eigenvalue weighted by atomic mass is 32.2. The molecular weight excluding hydrogens is 578 g/mol. The van der Waals surface area contributed by atoms with Gasteiger partial charge in [-0.2, -0.15) is 4.31 Å². The number of thiophene rings is 1. The molecule has 1 aromatic heterocycles. The van der Waals surface area contributed by atoms with Crippen LogP contribution < -0.4 is 5.32 Å². The van der Waals surface area contributed by atoms with Crippen molar-refractivity contribution in [2.24, 2.45) is 0 Å². The topological polar surface area (TPSA) is 120 Å². The fraction of sp³-hybridized carbons (Fsp3) is 0.552. The van der Waals surface area contributed by atoms with Crippen LogP contribution in [-0.4, -0.2) is 104 Å². The first-order valence-corrected chi connectivity index (χ1v) is 16.9. The van der Waals surface area contributed by atoms with Gasteiger partial charge < -0.3 is 19.9 Å². The fourth-order valence-electron chi connectivity index (χ4n) is 5.38. The molecule has 13 heteroatoms. The van der Waals surface area contributed by atoms with Crippen molar-refractivity contribution >= 4 is 44.3 Å². The Labute approximate surface area is 252 Å². The Morgan fingerprint density at radius 1 is 0.976 bits per heavy atom. The van der Waals surface area contributed by atoms with Gasteiger partial charge in [-0.05, 0) is 70.0 Å². The highest BCUT2D eigenvalue weighted by Gasteiger charge is 2.32. The van der Waals surface area contributed by atoms with Crippen LogP contribution >= 0.6 is 11.3 Å². The summed E-state index contributed by atoms with van der Waals surface area (Å²) in [4.78, 5) is 45.6. The molecule has 2 aliphatic rings. The summed E-state index contributed by atoms with van der Waals surface area (Å²) in [5, 5.41) is 3.50. The molecule has 0 spiro atoms. The summed E-state index contributed by atoms with van der Waals surface area (Å²) < 4.78 is 32.8. The van der Waals surface area contributed by atoms with Gasteiger partial charge in [0.1, 0.15) is 5.00 Å². The molecule has 0 atom stereocenters. The van der Waals surface area contributed by atoms with Gasteiger partial charge in [0.15, 0.2) is 0 Å². The molecule has 230 valence electrons. The van der Waals surface area contributed by atoms with Gasteiger partial charge in [-0.1, -0.05) is 6.92 Å². The zero-order chi connectivity index (χ0) is 30.4. The molecule has 1 N–H and O–H groups in total. The standard InChI is InChI=1S/C29H41N5O6S2/c1-5-14-31-15-13-23-24(20-31)41-27(25(23)28(36)32(6-2)7-3)30-26(35)21-9-11-22(12-10-21)42(38,39)34-18-16-33(17-19-34)29(37)40-8-4/h9-12H,5-8,13-20H2,1-4H3,(H,30,35). The van der Waals surface area contributed by atoms with Gasteiger partial charge >= 0.3 is 6.09 Å². The number of hydrogen-bond acceptors (Lipinski definition) is 8. The van der Waals surface area contributed by atoms with Gasteiger partial charge in [0.2, 0.25) is 10.0 Å². The molecule has 0 saturated carbocycles. The monoisotopic (exact) mass is 619 g/mol. The van der Waals surface area contributed by atoms with E-state index in [0.717, 1.165) is 42.9 Å². The van der Waals surface area contributed by atoms with E-state index in [4.69, 9.17) is 4.74 Å². The van der Waals surface area contributed by atoms with Crippen LogP contribution in [0, 0.1) is 0 Å². The zero-order valence-electron chi connectivity index (χ0n) is 24.8. The van der Waals surface area contributed by atoms with Crippen molar-refractivity contribution in [3.8, 4) is 0 Å². The molecule has 4 rings (SSSR count). The van der Waals surface area contributed by atoms with E-state index in [2.05, 4.69) is 17.1 Å². The van der Waals surface area contributed by atoms with Crippen molar-refractivity contribution in [3.05, 3.63) is 45.8 Å². The Hall–Kier alpha value is -3.00. The summed E-state index contributed by atoms with van der Waals surface area (Å²) in [6.07, 6.45) is 1.35. The van der Waals surface area contributed by atoms with Crippen molar-refractivity contribution in [3.63, 3.8) is 0 Å². The molecule has 3 heterocycles. The van der Waals surface area contributed by atoms with Gasteiger partial charge in [0.05, 0.1) is 17.1 Å². The van der Waals surface area contributed by atoms with Gasteiger partial charge in [0.25, 0.3) is 11.8 Å². The summed E-state index contributed by atoms with van der Waals surface area (Å²) in [6.45, 7) is 12.6. The lowest BCUT2D eigenvalue weighted by Crippen LogP contribution is -2.50. The first kappa shape index (κ1) is 31.9. The highest BCUT2D eigenvalue weighted by molar-refractivity contribution is 7.89. The summed E-state index contributed by atoms with van der Waals surface area (Å²) in [5.41, 5.74) is 1.88. The Morgan fingerprint density at radius 2 is 1.64 bits per heavy atom. The lowest BCUT2D eigenvalue weighted by molar-refractivity contribution is 0.0772. The van der Waals surface area contributed by atoms with Gasteiger partial charge in [-0.25, -0.2) is 13.2 Å². The van der Waals surface area contributed by atoms with Crippen molar-refractivity contribution in [1.82, 2.24) is 19.0 Å². The number of carbonyl (C=O) groups excluding carboxylic acids is 3. The van der Waals surface area contributed by atoms with E-state index < -0.39 is 22.0 Å². The number of piperazine rings is 1. The normalized spacial score (nSPS) is 16.1. The van der Waals surface area contributed by atoms with Crippen LogP contribution in [0.15, 0.2) is 29.2 Å². The zero-order valence-corrected chi connectivity index (χ0v) is 26.5. The fourth-order valence-corrected chi connectivity index (χ4v) is 8.07. The lowest BCUT2D eigenvalue weighted by Gasteiger charge is -2.33. The maximum absolute atomic E-state index is 13.5. The van der Waals surface area contributed by atoms with Crippen LogP contribution in [0.1, 0.15) is 65.3 Å². The molecule has 0 radical (unpaired) electrons. The number of sulfonamides is 1. The Balaban J connectivity index is 1.51. The predicted octanol–water partition coefficient (Wildman–Crippen LogP) is 3.71. The molecule has 42 heavy (non-hydrogen) atoms. The van der Waals surface area contributed by atoms with Crippen LogP contribution in [-0.2, 0) is 27.7 Å². The van der Waals surface area contributed by atoms with E-state index in [1.165, 1.54) is 44.8 Å². The second-order valence-corrected chi connectivity index (χ2v) is 13.3. The minimum atomic E-state index is -3.80. The molecule has 2 aliphatic heterocycles. The molecule has 1 aromatic carbocycles. The van der Waals surface area contributed by atoms with Crippen LogP contribution in [0.2, 0.25) is 0 Å². The van der Waals surface area contributed by atoms with Crippen molar-refractivity contribution in [2.75, 3.05) is 64.3 Å². The molecule has 2 aromatic rings. The minimum Gasteiger partial charge on any atom is -0.450 e. The Bertz CT molecular complexity index is 1380. The number of fused-ring (bicyclic) bond motifs is 1. The highest BCUT2D eigenvalue weighted by Crippen LogP contribution is 2.38. The van der Waals surface area contributed by atoms with Crippen LogP contribution in [0.3, 0.4) is 0 Å². The SMILES string of the molecule is CCCN1CCc2c(sc(NC(=O)c3ccc(S(=O)(=O)N4CCN(C(=O)OCC)CC4)cc3)c2C(=O)N(CC)CC)C1. The molecule has 1 saturated heterocycles. The predicted molar refractivity (Wildman–Crippen MR) is 163 cm³/mol. The number of ether oxygens (including phenoxy) is 1. The van der Waals surface area contributed by atoms with E-state index in [1.807, 2.05) is 13.8 Å². The summed E-state index contributed by atoms with van der Waals surface area (Å²) in [6, 6.07) is 5.82. The average Bonchev–Trinajstić information content (AvgIpc) is 3.35. The van der Waals surface area contributed by atoms with E-state index in [1.54, 1.807) is 11.8 Å². The molecular formula is C29H41N5O6S2. The Morgan fingerprint density at radius 3 is 2.24 bits per heavy atom. The number of nitrogens with one attached hydrogen (secondary N) is 1. The third-order valence-electron chi connectivity index (χ3n) is 7.69. The second-order valence-electron chi connectivity index (χ2n) is 10.3. The van der Waals surface area contributed by atoms with Crippen LogP contribution in [0.25, 0.3) is 0 Å². The number of carbonyl (C=O) groups is 3. The largest absolute Gasteiger partial charge is 0.450 e. The average molecular weight is 620 g/mol. The van der Waals surface area contributed by atoms with Gasteiger partial charge in [-0.3, -0.25) is 14.5 Å². The smallest absolute Gasteiger partial charge is 0.409 e. The lowest BCUT2D eigenvalue weighted by atomic mass is 10.0. The Kier molecular flexibility index (Phi) is 10.6. The maximum atomic E-state index is 13.5. The summed E-state index contributed by atoms with van der Waals surface area (Å²) in [5.74, 6) is -0.485.